The van der Waals surface area contributed by atoms with Crippen molar-refractivity contribution < 1.29 is 19.5 Å². The summed E-state index contributed by atoms with van der Waals surface area (Å²) in [5.74, 6) is -1.37. The molecule has 3 aromatic carbocycles. The summed E-state index contributed by atoms with van der Waals surface area (Å²) in [4.78, 5) is 38.9. The van der Waals surface area contributed by atoms with E-state index in [0.29, 0.717) is 23.5 Å². The lowest BCUT2D eigenvalue weighted by Gasteiger charge is -2.33. The molecule has 8 nitrogen and oxygen atoms in total. The third-order valence-electron chi connectivity index (χ3n) is 6.78. The fourth-order valence-corrected chi connectivity index (χ4v) is 4.39. The first kappa shape index (κ1) is 27.4. The van der Waals surface area contributed by atoms with Gasteiger partial charge in [0.25, 0.3) is 11.8 Å². The maximum atomic E-state index is 13.1. The number of carbonyl (C=O) groups is 3. The highest BCUT2D eigenvalue weighted by Gasteiger charge is 2.29. The minimum atomic E-state index is -1.01. The van der Waals surface area contributed by atoms with E-state index >= 15 is 0 Å². The molecule has 1 heterocycles. The first-order chi connectivity index (χ1) is 18.5. The molecule has 4 N–H and O–H groups in total. The molecule has 0 aromatic heterocycles. The Hall–Kier alpha value is -4.59. The van der Waals surface area contributed by atoms with Gasteiger partial charge in [0.1, 0.15) is 0 Å². The summed E-state index contributed by atoms with van der Waals surface area (Å²) >= 11 is 0. The fourth-order valence-electron chi connectivity index (χ4n) is 4.39. The van der Waals surface area contributed by atoms with Crippen LogP contribution in [0.5, 0.6) is 0 Å². The van der Waals surface area contributed by atoms with E-state index in [9.17, 15) is 14.4 Å². The van der Waals surface area contributed by atoms with Crippen LogP contribution in [-0.4, -0.2) is 40.5 Å². The quantitative estimate of drug-likeness (QED) is 0.327. The number of hydrogen-bond donors (Lipinski definition) is 4. The predicted molar refractivity (Wildman–Crippen MR) is 154 cm³/mol. The number of benzene rings is 3. The molecule has 0 radical (unpaired) electrons. The minimum Gasteiger partial charge on any atom is -0.478 e. The number of carboxylic acids is 1. The Morgan fingerprint density at radius 1 is 0.974 bits per heavy atom. The van der Waals surface area contributed by atoms with Crippen molar-refractivity contribution in [3.63, 3.8) is 0 Å². The smallest absolute Gasteiger partial charge is 0.335 e. The van der Waals surface area contributed by atoms with E-state index in [1.54, 1.807) is 23.2 Å². The van der Waals surface area contributed by atoms with E-state index in [1.807, 2.05) is 56.3 Å². The minimum absolute atomic E-state index is 0.00302. The molecule has 4 rings (SSSR count). The van der Waals surface area contributed by atoms with Crippen LogP contribution in [0, 0.1) is 6.92 Å². The van der Waals surface area contributed by atoms with E-state index < -0.39 is 12.1 Å². The van der Waals surface area contributed by atoms with Crippen LogP contribution in [0.25, 0.3) is 5.70 Å². The van der Waals surface area contributed by atoms with E-state index in [2.05, 4.69) is 36.7 Å². The lowest BCUT2D eigenvalue weighted by atomic mass is 9.86. The van der Waals surface area contributed by atoms with Gasteiger partial charge in [-0.05, 0) is 72.9 Å². The molecule has 0 spiro atoms. The summed E-state index contributed by atoms with van der Waals surface area (Å²) < 4.78 is 0. The van der Waals surface area contributed by atoms with E-state index in [-0.39, 0.29) is 22.8 Å². The first-order valence-electron chi connectivity index (χ1n) is 12.9. The van der Waals surface area contributed by atoms with Gasteiger partial charge >= 0.3 is 5.97 Å². The molecule has 8 heteroatoms. The van der Waals surface area contributed by atoms with Crippen molar-refractivity contribution in [1.29, 1.82) is 0 Å². The number of nitrogens with zero attached hydrogens (tertiary/aromatic N) is 1. The Bertz CT molecular complexity index is 1420. The number of carbonyl (C=O) groups excluding carboxylic acids is 2. The maximum Gasteiger partial charge on any atom is 0.335 e. The highest BCUT2D eigenvalue weighted by molar-refractivity contribution is 6.05. The van der Waals surface area contributed by atoms with Gasteiger partial charge in [-0.25, -0.2) is 4.79 Å². The van der Waals surface area contributed by atoms with Crippen LogP contribution < -0.4 is 16.0 Å². The molecule has 3 aromatic rings. The molecule has 2 amide bonds. The van der Waals surface area contributed by atoms with E-state index in [1.165, 1.54) is 12.1 Å². The van der Waals surface area contributed by atoms with E-state index in [4.69, 9.17) is 5.11 Å². The van der Waals surface area contributed by atoms with Gasteiger partial charge in [-0.3, -0.25) is 9.59 Å². The summed E-state index contributed by atoms with van der Waals surface area (Å²) in [5, 5.41) is 18.6. The van der Waals surface area contributed by atoms with Gasteiger partial charge in [0.05, 0.1) is 11.3 Å². The lowest BCUT2D eigenvalue weighted by Crippen LogP contribution is -2.52. The molecule has 1 aliphatic rings. The Kier molecular flexibility index (Phi) is 7.76. The van der Waals surface area contributed by atoms with Gasteiger partial charge in [0, 0.05) is 35.2 Å². The fraction of sp³-hybridized carbons (Fsp3) is 0.258. The van der Waals surface area contributed by atoms with E-state index in [0.717, 1.165) is 22.4 Å². The number of hydrogen-bond acceptors (Lipinski definition) is 5. The summed E-state index contributed by atoms with van der Waals surface area (Å²) in [6.07, 6.45) is 1.01. The predicted octanol–water partition coefficient (Wildman–Crippen LogP) is 5.43. The molecular formula is C31H34N4O4. The number of nitrogens with one attached hydrogen (secondary N) is 3. The van der Waals surface area contributed by atoms with Crippen molar-refractivity contribution in [2.45, 2.75) is 46.2 Å². The number of likely N-dealkylation sites (N-methyl/N-ethyl adjacent to an activating group) is 1. The van der Waals surface area contributed by atoms with Crippen molar-refractivity contribution in [3.8, 4) is 0 Å². The average Bonchev–Trinajstić information content (AvgIpc) is 2.91. The van der Waals surface area contributed by atoms with Crippen LogP contribution in [0.3, 0.4) is 0 Å². The maximum absolute atomic E-state index is 13.1. The summed E-state index contributed by atoms with van der Waals surface area (Å²) in [5.41, 5.74) is 5.60. The van der Waals surface area contributed by atoms with Gasteiger partial charge in [-0.15, -0.1) is 0 Å². The van der Waals surface area contributed by atoms with Crippen LogP contribution in [-0.2, 0) is 10.2 Å². The number of anilines is 2. The Labute approximate surface area is 228 Å². The van der Waals surface area contributed by atoms with Crippen LogP contribution in [0.1, 0.15) is 65.1 Å². The standard InChI is InChI=1S/C31H34N4O4/c1-6-35-18-26(33-27(29(35)37)32-23-16-12-21(13-17-23)30(38)39)24-8-7-9-25(19(24)2)34-28(36)20-10-14-22(15-11-20)31(3,4)5/h7-18,27,32-33H,6H2,1-5H3,(H,34,36)(H,38,39). The van der Waals surface area contributed by atoms with Gasteiger partial charge < -0.3 is 26.0 Å². The van der Waals surface area contributed by atoms with Crippen LogP contribution >= 0.6 is 0 Å². The topological polar surface area (TPSA) is 111 Å². The largest absolute Gasteiger partial charge is 0.478 e. The second-order valence-electron chi connectivity index (χ2n) is 10.5. The van der Waals surface area contributed by atoms with Gasteiger partial charge in [0.2, 0.25) is 0 Å². The van der Waals surface area contributed by atoms with Gasteiger partial charge in [0.15, 0.2) is 6.17 Å². The third kappa shape index (κ3) is 6.12. The normalized spacial score (nSPS) is 15.3. The van der Waals surface area contributed by atoms with Gasteiger partial charge in [-0.2, -0.15) is 0 Å². The molecule has 0 bridgehead atoms. The molecule has 0 fully saturated rings. The second kappa shape index (κ2) is 11.0. The highest BCUT2D eigenvalue weighted by atomic mass is 16.4. The molecule has 1 unspecified atom stereocenters. The highest BCUT2D eigenvalue weighted by Crippen LogP contribution is 2.28. The Morgan fingerprint density at radius 3 is 2.21 bits per heavy atom. The zero-order valence-electron chi connectivity index (χ0n) is 22.8. The summed E-state index contributed by atoms with van der Waals surface area (Å²) in [7, 11) is 0. The van der Waals surface area contributed by atoms with Crippen molar-refractivity contribution in [1.82, 2.24) is 10.2 Å². The SMILES string of the molecule is CCN1C=C(c2cccc(NC(=O)c3ccc(C(C)(C)C)cc3)c2C)NC(Nc2ccc(C(=O)O)cc2)C1=O. The molecule has 1 atom stereocenters. The van der Waals surface area contributed by atoms with Crippen molar-refractivity contribution >= 4 is 34.9 Å². The summed E-state index contributed by atoms with van der Waals surface area (Å²) in [6, 6.07) is 19.5. The number of carboxylic acid groups (broad SMARTS) is 1. The van der Waals surface area contributed by atoms with Crippen molar-refractivity contribution in [2.24, 2.45) is 0 Å². The zero-order valence-corrected chi connectivity index (χ0v) is 22.8. The third-order valence-corrected chi connectivity index (χ3v) is 6.78. The summed E-state index contributed by atoms with van der Waals surface area (Å²) in [6.45, 7) is 10.7. The zero-order chi connectivity index (χ0) is 28.3. The molecule has 0 saturated carbocycles. The average molecular weight is 527 g/mol. The molecule has 39 heavy (non-hydrogen) atoms. The molecular weight excluding hydrogens is 492 g/mol. The van der Waals surface area contributed by atoms with Gasteiger partial charge in [-0.1, -0.05) is 45.0 Å². The van der Waals surface area contributed by atoms with Crippen molar-refractivity contribution in [2.75, 3.05) is 17.2 Å². The number of aromatic carboxylic acids is 1. The Morgan fingerprint density at radius 2 is 1.62 bits per heavy atom. The van der Waals surface area contributed by atoms with Crippen LogP contribution in [0.15, 0.2) is 72.9 Å². The van der Waals surface area contributed by atoms with Crippen LogP contribution in [0.2, 0.25) is 0 Å². The Balaban J connectivity index is 1.56. The first-order valence-corrected chi connectivity index (χ1v) is 12.9. The molecule has 0 saturated heterocycles. The van der Waals surface area contributed by atoms with Crippen LogP contribution in [0.4, 0.5) is 11.4 Å². The second-order valence-corrected chi connectivity index (χ2v) is 10.5. The molecule has 202 valence electrons. The molecule has 0 aliphatic carbocycles. The monoisotopic (exact) mass is 526 g/mol. The number of amides is 2. The molecule has 1 aliphatic heterocycles. The number of rotatable bonds is 7. The lowest BCUT2D eigenvalue weighted by molar-refractivity contribution is -0.130. The van der Waals surface area contributed by atoms with Crippen molar-refractivity contribution in [3.05, 3.63) is 101 Å².